The minimum absolute atomic E-state index is 0.585. The van der Waals surface area contributed by atoms with Crippen molar-refractivity contribution in [2.24, 2.45) is 0 Å². The molecule has 1 N–H and O–H groups in total. The molecule has 0 unspecified atom stereocenters. The molecule has 1 saturated heterocycles. The minimum Gasteiger partial charge on any atom is -0.493 e. The van der Waals surface area contributed by atoms with Crippen LogP contribution in [0.4, 0.5) is 0 Å². The first-order valence-electron chi connectivity index (χ1n) is 9.71. The third-order valence-electron chi connectivity index (χ3n) is 5.00. The third-order valence-corrected chi connectivity index (χ3v) is 5.41. The highest BCUT2D eigenvalue weighted by molar-refractivity contribution is 7.80. The smallest absolute Gasteiger partial charge is 0.203 e. The second kappa shape index (κ2) is 10.4. The highest BCUT2D eigenvalue weighted by Gasteiger charge is 2.18. The lowest BCUT2D eigenvalue weighted by Crippen LogP contribution is -2.41. The van der Waals surface area contributed by atoms with Gasteiger partial charge in [0, 0.05) is 32.7 Å². The van der Waals surface area contributed by atoms with E-state index in [1.54, 1.807) is 27.6 Å². The largest absolute Gasteiger partial charge is 0.493 e. The molecule has 0 aliphatic carbocycles. The number of nitrogens with zero attached hydrogens (tertiary/aromatic N) is 2. The summed E-state index contributed by atoms with van der Waals surface area (Å²) in [5.41, 5.74) is 1.01. The summed E-state index contributed by atoms with van der Waals surface area (Å²) in [7, 11) is 4.83. The van der Waals surface area contributed by atoms with Crippen molar-refractivity contribution in [3.8, 4) is 17.2 Å². The van der Waals surface area contributed by atoms with Crippen LogP contribution in [0.5, 0.6) is 17.2 Å². The summed E-state index contributed by atoms with van der Waals surface area (Å²) in [5, 5.41) is 4.13. The Morgan fingerprint density at radius 2 is 1.83 bits per heavy atom. The Hall–Kier alpha value is -2.45. The Kier molecular flexibility index (Phi) is 7.60. The lowest BCUT2D eigenvalue weighted by atomic mass is 10.2. The molecule has 0 spiro atoms. The average molecular weight is 420 g/mol. The number of benzene rings is 1. The van der Waals surface area contributed by atoms with E-state index in [1.165, 1.54) is 0 Å². The molecule has 1 aliphatic heterocycles. The van der Waals surface area contributed by atoms with Crippen LogP contribution in [0.15, 0.2) is 34.9 Å². The number of methoxy groups -OCH3 is 3. The molecule has 0 atom stereocenters. The van der Waals surface area contributed by atoms with Crippen molar-refractivity contribution in [3.63, 3.8) is 0 Å². The summed E-state index contributed by atoms with van der Waals surface area (Å²) < 4.78 is 21.7. The molecule has 1 aromatic carbocycles. The zero-order valence-corrected chi connectivity index (χ0v) is 18.1. The number of hydrogen-bond donors (Lipinski definition) is 1. The number of thiocarbonyl (C=S) groups is 1. The number of hydrogen-bond acceptors (Lipinski definition) is 6. The van der Waals surface area contributed by atoms with E-state index in [-0.39, 0.29) is 0 Å². The maximum Gasteiger partial charge on any atom is 0.203 e. The van der Waals surface area contributed by atoms with Crippen molar-refractivity contribution in [2.75, 3.05) is 47.5 Å². The molecule has 1 aromatic heterocycles. The fourth-order valence-electron chi connectivity index (χ4n) is 3.48. The fraction of sp³-hybridized carbons (Fsp3) is 0.476. The molecule has 3 rings (SSSR count). The number of ether oxygens (including phenoxy) is 3. The predicted octanol–water partition coefficient (Wildman–Crippen LogP) is 2.89. The van der Waals surface area contributed by atoms with E-state index in [1.807, 2.05) is 24.3 Å². The van der Waals surface area contributed by atoms with Gasteiger partial charge >= 0.3 is 0 Å². The van der Waals surface area contributed by atoms with E-state index < -0.39 is 0 Å². The molecule has 1 aliphatic rings. The first-order chi connectivity index (χ1) is 14.1. The normalized spacial score (nSPS) is 14.9. The molecule has 0 radical (unpaired) electrons. The van der Waals surface area contributed by atoms with Crippen LogP contribution < -0.4 is 19.5 Å². The van der Waals surface area contributed by atoms with E-state index in [0.717, 1.165) is 55.6 Å². The van der Waals surface area contributed by atoms with E-state index in [0.29, 0.717) is 23.8 Å². The molecule has 2 aromatic rings. The molecular weight excluding hydrogens is 390 g/mol. The van der Waals surface area contributed by atoms with Crippen LogP contribution in [-0.4, -0.2) is 62.4 Å². The zero-order chi connectivity index (χ0) is 20.6. The number of rotatable bonds is 7. The topological polar surface area (TPSA) is 59.3 Å². The SMILES string of the molecule is COc1cc(CNC(=S)N2CCCN(Cc3ccco3)CC2)cc(OC)c1OC. The maximum atomic E-state index is 5.65. The van der Waals surface area contributed by atoms with Gasteiger partial charge in [-0.05, 0) is 48.5 Å². The van der Waals surface area contributed by atoms with Crippen LogP contribution in [0.2, 0.25) is 0 Å². The summed E-state index contributed by atoms with van der Waals surface area (Å²) in [4.78, 5) is 4.64. The lowest BCUT2D eigenvalue weighted by molar-refractivity contribution is 0.254. The molecular formula is C21H29N3O4S. The Morgan fingerprint density at radius 3 is 2.45 bits per heavy atom. The van der Waals surface area contributed by atoms with Crippen molar-refractivity contribution in [2.45, 2.75) is 19.5 Å². The molecule has 1 fully saturated rings. The van der Waals surface area contributed by atoms with Crippen LogP contribution in [0.3, 0.4) is 0 Å². The Morgan fingerprint density at radius 1 is 1.07 bits per heavy atom. The third kappa shape index (κ3) is 5.55. The molecule has 0 saturated carbocycles. The highest BCUT2D eigenvalue weighted by atomic mass is 32.1. The Labute approximate surface area is 177 Å². The molecule has 8 heteroatoms. The molecule has 0 bridgehead atoms. The van der Waals surface area contributed by atoms with Crippen LogP contribution in [0.25, 0.3) is 0 Å². The van der Waals surface area contributed by atoms with Crippen molar-refractivity contribution in [1.82, 2.24) is 15.1 Å². The zero-order valence-electron chi connectivity index (χ0n) is 17.3. The summed E-state index contributed by atoms with van der Waals surface area (Å²) in [6.07, 6.45) is 2.79. The summed E-state index contributed by atoms with van der Waals surface area (Å²) in [5.74, 6) is 2.86. The molecule has 2 heterocycles. The average Bonchev–Trinajstić information content (AvgIpc) is 3.14. The highest BCUT2D eigenvalue weighted by Crippen LogP contribution is 2.38. The lowest BCUT2D eigenvalue weighted by Gasteiger charge is -2.24. The molecule has 7 nitrogen and oxygen atoms in total. The van der Waals surface area contributed by atoms with Gasteiger partial charge in [-0.1, -0.05) is 0 Å². The van der Waals surface area contributed by atoms with Crippen LogP contribution >= 0.6 is 12.2 Å². The van der Waals surface area contributed by atoms with E-state index >= 15 is 0 Å². The van der Waals surface area contributed by atoms with Crippen LogP contribution in [0.1, 0.15) is 17.7 Å². The van der Waals surface area contributed by atoms with Gasteiger partial charge in [-0.25, -0.2) is 0 Å². The van der Waals surface area contributed by atoms with Crippen molar-refractivity contribution in [3.05, 3.63) is 41.9 Å². The Bertz CT molecular complexity index is 772. The van der Waals surface area contributed by atoms with Gasteiger partial charge in [0.2, 0.25) is 5.75 Å². The van der Waals surface area contributed by atoms with E-state index in [4.69, 9.17) is 30.8 Å². The van der Waals surface area contributed by atoms with Gasteiger partial charge in [0.05, 0.1) is 34.1 Å². The van der Waals surface area contributed by atoms with Crippen molar-refractivity contribution >= 4 is 17.3 Å². The van der Waals surface area contributed by atoms with Crippen molar-refractivity contribution < 1.29 is 18.6 Å². The van der Waals surface area contributed by atoms with Gasteiger partial charge in [0.1, 0.15) is 5.76 Å². The standard InChI is InChI=1S/C21H29N3O4S/c1-25-18-12-16(13-19(26-2)20(18)27-3)14-22-21(29)24-8-5-7-23(9-10-24)15-17-6-4-11-28-17/h4,6,11-13H,5,7-10,14-15H2,1-3H3,(H,22,29). The fourth-order valence-corrected chi connectivity index (χ4v) is 3.74. The number of nitrogens with one attached hydrogen (secondary N) is 1. The monoisotopic (exact) mass is 419 g/mol. The second-order valence-electron chi connectivity index (χ2n) is 6.89. The van der Waals surface area contributed by atoms with Gasteiger partial charge in [-0.15, -0.1) is 0 Å². The number of furan rings is 1. The van der Waals surface area contributed by atoms with Gasteiger partial charge in [-0.3, -0.25) is 4.90 Å². The van der Waals surface area contributed by atoms with Crippen LogP contribution in [-0.2, 0) is 13.1 Å². The first-order valence-corrected chi connectivity index (χ1v) is 10.1. The molecule has 0 amide bonds. The van der Waals surface area contributed by atoms with Crippen molar-refractivity contribution in [1.29, 1.82) is 0 Å². The van der Waals surface area contributed by atoms with Gasteiger partial charge in [-0.2, -0.15) is 0 Å². The summed E-state index contributed by atoms with van der Waals surface area (Å²) in [6.45, 7) is 5.24. The van der Waals surface area contributed by atoms with Crippen LogP contribution in [0, 0.1) is 0 Å². The summed E-state index contributed by atoms with van der Waals surface area (Å²) in [6, 6.07) is 7.82. The molecule has 29 heavy (non-hydrogen) atoms. The van der Waals surface area contributed by atoms with E-state index in [9.17, 15) is 0 Å². The first kappa shape index (κ1) is 21.3. The van der Waals surface area contributed by atoms with Gasteiger partial charge in [0.25, 0.3) is 0 Å². The quantitative estimate of drug-likeness (QED) is 0.688. The maximum absolute atomic E-state index is 5.65. The minimum atomic E-state index is 0.585. The Balaban J connectivity index is 1.55. The second-order valence-corrected chi connectivity index (χ2v) is 7.28. The van der Waals surface area contributed by atoms with E-state index in [2.05, 4.69) is 15.1 Å². The van der Waals surface area contributed by atoms with Gasteiger partial charge < -0.3 is 28.8 Å². The molecule has 158 valence electrons. The predicted molar refractivity (Wildman–Crippen MR) is 116 cm³/mol. The summed E-state index contributed by atoms with van der Waals surface area (Å²) >= 11 is 5.65. The van der Waals surface area contributed by atoms with Gasteiger partial charge in [0.15, 0.2) is 16.6 Å².